The van der Waals surface area contributed by atoms with E-state index < -0.39 is 0 Å². The van der Waals surface area contributed by atoms with Crippen LogP contribution in [0.3, 0.4) is 0 Å². The SMILES string of the molecule is CN(CCOc1cccc(Cl)c1)c1ccc2nnc(C(C)(C)C)n2n1. The molecule has 2 heterocycles. The van der Waals surface area contributed by atoms with Gasteiger partial charge in [-0.2, -0.15) is 4.52 Å². The second-order valence-electron chi connectivity index (χ2n) is 6.96. The van der Waals surface area contributed by atoms with Crippen LogP contribution >= 0.6 is 11.6 Å². The van der Waals surface area contributed by atoms with E-state index in [1.807, 2.05) is 46.8 Å². The molecule has 0 atom stereocenters. The highest BCUT2D eigenvalue weighted by atomic mass is 35.5. The molecule has 0 radical (unpaired) electrons. The van der Waals surface area contributed by atoms with Crippen LogP contribution in [0, 0.1) is 0 Å². The van der Waals surface area contributed by atoms with Crippen molar-refractivity contribution < 1.29 is 4.74 Å². The summed E-state index contributed by atoms with van der Waals surface area (Å²) in [5.41, 5.74) is 0.622. The largest absolute Gasteiger partial charge is 0.492 e. The van der Waals surface area contributed by atoms with E-state index in [0.29, 0.717) is 18.2 Å². The summed E-state index contributed by atoms with van der Waals surface area (Å²) >= 11 is 5.96. The minimum absolute atomic E-state index is 0.126. The molecule has 1 aromatic carbocycles. The topological polar surface area (TPSA) is 55.5 Å². The Balaban J connectivity index is 1.70. The number of aromatic nitrogens is 4. The van der Waals surface area contributed by atoms with Crippen LogP contribution in [0.5, 0.6) is 5.75 Å². The van der Waals surface area contributed by atoms with Crippen LogP contribution < -0.4 is 9.64 Å². The summed E-state index contributed by atoms with van der Waals surface area (Å²) < 4.78 is 7.55. The second-order valence-corrected chi connectivity index (χ2v) is 7.40. The van der Waals surface area contributed by atoms with Gasteiger partial charge in [-0.1, -0.05) is 38.4 Å². The van der Waals surface area contributed by atoms with Crippen molar-refractivity contribution in [1.29, 1.82) is 0 Å². The van der Waals surface area contributed by atoms with Crippen LogP contribution in [0.1, 0.15) is 26.6 Å². The number of benzene rings is 1. The van der Waals surface area contributed by atoms with Crippen molar-refractivity contribution in [3.8, 4) is 5.75 Å². The van der Waals surface area contributed by atoms with Gasteiger partial charge in [-0.25, -0.2) is 0 Å². The molecule has 25 heavy (non-hydrogen) atoms. The van der Waals surface area contributed by atoms with Crippen LogP contribution in [0.25, 0.3) is 5.65 Å². The third-order valence-electron chi connectivity index (χ3n) is 3.80. The summed E-state index contributed by atoms with van der Waals surface area (Å²) in [5.74, 6) is 2.44. The highest BCUT2D eigenvalue weighted by Gasteiger charge is 2.22. The molecule has 0 aliphatic heterocycles. The molecule has 0 saturated heterocycles. The van der Waals surface area contributed by atoms with E-state index in [0.717, 1.165) is 23.0 Å². The number of halogens is 1. The zero-order chi connectivity index (χ0) is 18.0. The van der Waals surface area contributed by atoms with Gasteiger partial charge in [-0.05, 0) is 30.3 Å². The zero-order valence-electron chi connectivity index (χ0n) is 14.9. The van der Waals surface area contributed by atoms with Gasteiger partial charge in [0.15, 0.2) is 11.5 Å². The smallest absolute Gasteiger partial charge is 0.178 e. The van der Waals surface area contributed by atoms with Gasteiger partial charge >= 0.3 is 0 Å². The Hall–Kier alpha value is -2.34. The number of anilines is 1. The van der Waals surface area contributed by atoms with E-state index in [-0.39, 0.29) is 5.41 Å². The number of hydrogen-bond acceptors (Lipinski definition) is 5. The van der Waals surface area contributed by atoms with Gasteiger partial charge in [0, 0.05) is 17.5 Å². The van der Waals surface area contributed by atoms with Gasteiger partial charge in [-0.3, -0.25) is 0 Å². The first-order valence-corrected chi connectivity index (χ1v) is 8.55. The molecule has 7 heteroatoms. The maximum Gasteiger partial charge on any atom is 0.178 e. The molecule has 6 nitrogen and oxygen atoms in total. The third kappa shape index (κ3) is 4.02. The maximum absolute atomic E-state index is 5.96. The lowest BCUT2D eigenvalue weighted by molar-refractivity contribution is 0.325. The lowest BCUT2D eigenvalue weighted by Gasteiger charge is -2.19. The predicted molar refractivity (Wildman–Crippen MR) is 99.7 cm³/mol. The van der Waals surface area contributed by atoms with Crippen molar-refractivity contribution >= 4 is 23.1 Å². The van der Waals surface area contributed by atoms with E-state index in [9.17, 15) is 0 Å². The highest BCUT2D eigenvalue weighted by molar-refractivity contribution is 6.30. The minimum atomic E-state index is -0.126. The first kappa shape index (κ1) is 17.5. The summed E-state index contributed by atoms with van der Waals surface area (Å²) in [6.07, 6.45) is 0. The normalized spacial score (nSPS) is 11.7. The molecule has 132 valence electrons. The van der Waals surface area contributed by atoms with Crippen LogP contribution in [0.4, 0.5) is 5.82 Å². The first-order chi connectivity index (χ1) is 11.8. The monoisotopic (exact) mass is 359 g/mol. The van der Waals surface area contributed by atoms with E-state index in [1.165, 1.54) is 0 Å². The summed E-state index contributed by atoms with van der Waals surface area (Å²) in [5, 5.41) is 13.8. The zero-order valence-corrected chi connectivity index (χ0v) is 15.7. The van der Waals surface area contributed by atoms with Crippen molar-refractivity contribution in [3.63, 3.8) is 0 Å². The molecular formula is C18H22ClN5O. The summed E-state index contributed by atoms with van der Waals surface area (Å²) in [6, 6.07) is 11.3. The third-order valence-corrected chi connectivity index (χ3v) is 4.04. The summed E-state index contributed by atoms with van der Waals surface area (Å²) in [4.78, 5) is 2.04. The lowest BCUT2D eigenvalue weighted by Crippen LogP contribution is -2.26. The standard InChI is InChI=1S/C18H22ClN5O/c1-18(2,3)17-21-20-15-8-9-16(22-24(15)17)23(4)10-11-25-14-7-5-6-13(19)12-14/h5-9,12H,10-11H2,1-4H3. The second kappa shape index (κ2) is 6.88. The molecule has 0 amide bonds. The highest BCUT2D eigenvalue weighted by Crippen LogP contribution is 2.21. The Labute approximate surface area is 152 Å². The van der Waals surface area contributed by atoms with E-state index in [4.69, 9.17) is 16.3 Å². The lowest BCUT2D eigenvalue weighted by atomic mass is 9.96. The van der Waals surface area contributed by atoms with E-state index >= 15 is 0 Å². The predicted octanol–water partition coefficient (Wildman–Crippen LogP) is 3.59. The molecule has 3 rings (SSSR count). The quantitative estimate of drug-likeness (QED) is 0.696. The van der Waals surface area contributed by atoms with Crippen LogP contribution in [0.15, 0.2) is 36.4 Å². The van der Waals surface area contributed by atoms with Gasteiger partial charge in [0.25, 0.3) is 0 Å². The molecule has 2 aromatic heterocycles. The average Bonchev–Trinajstić information content (AvgIpc) is 2.98. The van der Waals surface area contributed by atoms with Crippen molar-refractivity contribution in [2.24, 2.45) is 0 Å². The van der Waals surface area contributed by atoms with Crippen LogP contribution in [-0.2, 0) is 5.41 Å². The molecule has 0 unspecified atom stereocenters. The molecule has 0 aliphatic carbocycles. The summed E-state index contributed by atoms with van der Waals surface area (Å²) in [6.45, 7) is 7.52. The number of fused-ring (bicyclic) bond motifs is 1. The summed E-state index contributed by atoms with van der Waals surface area (Å²) in [7, 11) is 1.98. The van der Waals surface area contributed by atoms with Gasteiger partial charge in [-0.15, -0.1) is 15.3 Å². The number of ether oxygens (including phenoxy) is 1. The fourth-order valence-corrected chi connectivity index (χ4v) is 2.60. The Kier molecular flexibility index (Phi) is 4.81. The Morgan fingerprint density at radius 2 is 1.96 bits per heavy atom. The number of nitrogens with zero attached hydrogens (tertiary/aromatic N) is 5. The molecule has 0 fully saturated rings. The average molecular weight is 360 g/mol. The van der Waals surface area contributed by atoms with Crippen molar-refractivity contribution in [3.05, 3.63) is 47.2 Å². The van der Waals surface area contributed by atoms with Crippen LogP contribution in [0.2, 0.25) is 5.02 Å². The number of likely N-dealkylation sites (N-methyl/N-ethyl adjacent to an activating group) is 1. The van der Waals surface area contributed by atoms with Gasteiger partial charge in [0.2, 0.25) is 0 Å². The fourth-order valence-electron chi connectivity index (χ4n) is 2.42. The van der Waals surface area contributed by atoms with E-state index in [2.05, 4.69) is 36.1 Å². The van der Waals surface area contributed by atoms with E-state index in [1.54, 1.807) is 6.07 Å². The Morgan fingerprint density at radius 3 is 2.68 bits per heavy atom. The van der Waals surface area contributed by atoms with Crippen molar-refractivity contribution in [1.82, 2.24) is 19.8 Å². The van der Waals surface area contributed by atoms with Gasteiger partial charge in [0.1, 0.15) is 18.2 Å². The Morgan fingerprint density at radius 1 is 1.16 bits per heavy atom. The Bertz CT molecular complexity index is 871. The van der Waals surface area contributed by atoms with Crippen molar-refractivity contribution in [2.75, 3.05) is 25.1 Å². The number of rotatable bonds is 5. The molecular weight excluding hydrogens is 338 g/mol. The molecule has 0 bridgehead atoms. The molecule has 0 saturated carbocycles. The number of hydrogen-bond donors (Lipinski definition) is 0. The maximum atomic E-state index is 5.96. The molecule has 0 spiro atoms. The van der Waals surface area contributed by atoms with Gasteiger partial charge < -0.3 is 9.64 Å². The van der Waals surface area contributed by atoms with Crippen LogP contribution in [-0.4, -0.2) is 40.0 Å². The molecule has 3 aromatic rings. The first-order valence-electron chi connectivity index (χ1n) is 8.17. The minimum Gasteiger partial charge on any atom is -0.492 e. The van der Waals surface area contributed by atoms with Gasteiger partial charge in [0.05, 0.1) is 6.54 Å². The van der Waals surface area contributed by atoms with Crippen molar-refractivity contribution in [2.45, 2.75) is 26.2 Å². The fraction of sp³-hybridized carbons (Fsp3) is 0.389. The molecule has 0 N–H and O–H groups in total. The molecule has 0 aliphatic rings.